The molecule has 24 heavy (non-hydrogen) atoms. The molecular formula is C18H27N2O2PSi. The summed E-state index contributed by atoms with van der Waals surface area (Å²) in [6, 6.07) is 12.9. The number of ether oxygens (including phenoxy) is 1. The third-order valence-electron chi connectivity index (χ3n) is 4.45. The van der Waals surface area contributed by atoms with E-state index in [0.717, 1.165) is 36.2 Å². The number of rotatable bonds is 8. The largest absolute Gasteiger partial charge is 0.360 e. The van der Waals surface area contributed by atoms with Crippen molar-refractivity contribution in [3.05, 3.63) is 42.6 Å². The Kier molecular flexibility index (Phi) is 5.14. The van der Waals surface area contributed by atoms with E-state index in [1.807, 2.05) is 36.4 Å². The van der Waals surface area contributed by atoms with E-state index in [4.69, 9.17) is 4.74 Å². The van der Waals surface area contributed by atoms with E-state index >= 15 is 0 Å². The van der Waals surface area contributed by atoms with Crippen molar-refractivity contribution in [1.29, 1.82) is 0 Å². The molecule has 1 atom stereocenters. The van der Waals surface area contributed by atoms with Crippen molar-refractivity contribution in [2.75, 3.05) is 6.61 Å². The van der Waals surface area contributed by atoms with Gasteiger partial charge in [-0.1, -0.05) is 50.0 Å². The van der Waals surface area contributed by atoms with Crippen LogP contribution in [0.25, 0.3) is 0 Å². The maximum absolute atomic E-state index is 13.9. The number of nitrogens with zero attached hydrogens (tertiary/aromatic N) is 2. The predicted octanol–water partition coefficient (Wildman–Crippen LogP) is 3.67. The van der Waals surface area contributed by atoms with E-state index < -0.39 is 15.2 Å². The number of hydrogen-bond donors (Lipinski definition) is 0. The maximum atomic E-state index is 13.9. The molecule has 0 amide bonds. The lowest BCUT2D eigenvalue weighted by molar-refractivity contribution is 0.0807. The summed E-state index contributed by atoms with van der Waals surface area (Å²) in [5.41, 5.74) is 1.10. The fourth-order valence-corrected chi connectivity index (χ4v) is 6.90. The molecule has 130 valence electrons. The van der Waals surface area contributed by atoms with Gasteiger partial charge in [-0.3, -0.25) is 0 Å². The van der Waals surface area contributed by atoms with Crippen LogP contribution < -0.4 is 10.7 Å². The Morgan fingerprint density at radius 1 is 1.21 bits per heavy atom. The van der Waals surface area contributed by atoms with Crippen molar-refractivity contribution >= 4 is 26.0 Å². The first-order chi connectivity index (χ1) is 11.4. The monoisotopic (exact) mass is 362 g/mol. The topological polar surface area (TPSA) is 44.1 Å². The van der Waals surface area contributed by atoms with Crippen LogP contribution in [0.3, 0.4) is 0 Å². The number of aromatic nitrogens is 2. The average molecular weight is 362 g/mol. The first kappa shape index (κ1) is 17.7. The fourth-order valence-electron chi connectivity index (χ4n) is 2.85. The molecule has 1 fully saturated rings. The minimum Gasteiger partial charge on any atom is -0.360 e. The van der Waals surface area contributed by atoms with Gasteiger partial charge in [0.15, 0.2) is 7.14 Å². The van der Waals surface area contributed by atoms with Gasteiger partial charge in [0.05, 0.1) is 0 Å². The molecule has 1 aromatic heterocycles. The number of benzene rings is 1. The molecule has 1 aliphatic carbocycles. The van der Waals surface area contributed by atoms with Gasteiger partial charge in [-0.25, -0.2) is 4.68 Å². The summed E-state index contributed by atoms with van der Waals surface area (Å²) in [5, 5.41) is 5.32. The highest BCUT2D eigenvalue weighted by Crippen LogP contribution is 2.58. The summed E-state index contributed by atoms with van der Waals surface area (Å²) in [6.45, 7) is 8.15. The molecule has 0 aliphatic heterocycles. The van der Waals surface area contributed by atoms with Gasteiger partial charge in [0.25, 0.3) is 0 Å². The molecule has 4 nitrogen and oxygen atoms in total. The Bertz CT molecular complexity index is 720. The van der Waals surface area contributed by atoms with E-state index in [1.165, 1.54) is 0 Å². The second-order valence-electron chi connectivity index (χ2n) is 7.76. The zero-order valence-corrected chi connectivity index (χ0v) is 16.7. The smallest absolute Gasteiger partial charge is 0.163 e. The van der Waals surface area contributed by atoms with Crippen LogP contribution in [0.1, 0.15) is 12.8 Å². The Morgan fingerprint density at radius 3 is 2.54 bits per heavy atom. The van der Waals surface area contributed by atoms with Crippen LogP contribution in [0.15, 0.2) is 42.6 Å². The zero-order chi connectivity index (χ0) is 17.2. The third-order valence-corrected chi connectivity index (χ3v) is 9.82. The van der Waals surface area contributed by atoms with Crippen LogP contribution in [0, 0.1) is 0 Å². The normalized spacial score (nSPS) is 17.6. The van der Waals surface area contributed by atoms with Crippen LogP contribution in [-0.2, 0) is 16.0 Å². The van der Waals surface area contributed by atoms with E-state index in [0.29, 0.717) is 6.73 Å². The summed E-state index contributed by atoms with van der Waals surface area (Å²) in [5.74, 6) is 0. The Morgan fingerprint density at radius 2 is 1.92 bits per heavy atom. The average Bonchev–Trinajstić information content (AvgIpc) is 3.30. The highest BCUT2D eigenvalue weighted by atomic mass is 31.2. The molecule has 1 aromatic carbocycles. The van der Waals surface area contributed by atoms with Crippen molar-refractivity contribution in [3.8, 4) is 0 Å². The summed E-state index contributed by atoms with van der Waals surface area (Å²) in [4.78, 5) is 0. The molecule has 0 spiro atoms. The maximum Gasteiger partial charge on any atom is 0.163 e. The molecule has 2 aromatic rings. The fraction of sp³-hybridized carbons (Fsp3) is 0.500. The predicted molar refractivity (Wildman–Crippen MR) is 103 cm³/mol. The third kappa shape index (κ3) is 3.90. The van der Waals surface area contributed by atoms with E-state index in [2.05, 4.69) is 24.7 Å². The van der Waals surface area contributed by atoms with Gasteiger partial charge in [0.2, 0.25) is 0 Å². The van der Waals surface area contributed by atoms with Crippen LogP contribution in [0.2, 0.25) is 25.7 Å². The van der Waals surface area contributed by atoms with Crippen molar-refractivity contribution < 1.29 is 9.30 Å². The Labute approximate surface area is 145 Å². The van der Waals surface area contributed by atoms with Crippen LogP contribution in [0.5, 0.6) is 0 Å². The summed E-state index contributed by atoms with van der Waals surface area (Å²) in [7, 11) is -3.73. The van der Waals surface area contributed by atoms with Gasteiger partial charge in [0, 0.05) is 31.8 Å². The van der Waals surface area contributed by atoms with E-state index in [1.54, 1.807) is 10.9 Å². The minimum atomic E-state index is -2.63. The van der Waals surface area contributed by atoms with Gasteiger partial charge >= 0.3 is 0 Å². The van der Waals surface area contributed by atoms with Gasteiger partial charge in [0.1, 0.15) is 12.2 Å². The van der Waals surface area contributed by atoms with Gasteiger partial charge in [-0.15, -0.1) is 0 Å². The highest BCUT2D eigenvalue weighted by Gasteiger charge is 2.45. The SMILES string of the molecule is C[Si](C)(C)CCOCn1nccc1P(=O)(c1ccccc1)C1CC1. The van der Waals surface area contributed by atoms with Crippen LogP contribution in [0.4, 0.5) is 0 Å². The second kappa shape index (κ2) is 6.99. The van der Waals surface area contributed by atoms with Gasteiger partial charge in [-0.05, 0) is 25.0 Å². The van der Waals surface area contributed by atoms with Crippen molar-refractivity contribution in [1.82, 2.24) is 9.78 Å². The number of hydrogen-bond acceptors (Lipinski definition) is 3. The molecule has 1 aliphatic rings. The molecule has 3 rings (SSSR count). The molecule has 1 unspecified atom stereocenters. The van der Waals surface area contributed by atoms with Crippen molar-refractivity contribution in [2.45, 2.75) is 50.9 Å². The quantitative estimate of drug-likeness (QED) is 0.409. The van der Waals surface area contributed by atoms with E-state index in [9.17, 15) is 4.57 Å². The molecule has 0 radical (unpaired) electrons. The van der Waals surface area contributed by atoms with Crippen LogP contribution in [-0.4, -0.2) is 30.1 Å². The van der Waals surface area contributed by atoms with Crippen LogP contribution >= 0.6 is 7.14 Å². The van der Waals surface area contributed by atoms with Crippen molar-refractivity contribution in [2.24, 2.45) is 0 Å². The molecule has 6 heteroatoms. The molecule has 0 N–H and O–H groups in total. The lowest BCUT2D eigenvalue weighted by atomic mass is 10.4. The zero-order valence-electron chi connectivity index (χ0n) is 14.8. The van der Waals surface area contributed by atoms with Gasteiger partial charge in [-0.2, -0.15) is 5.10 Å². The summed E-state index contributed by atoms with van der Waals surface area (Å²) >= 11 is 0. The standard InChI is InChI=1S/C18H27N2O2PSi/c1-24(2,3)14-13-22-15-20-18(11-12-19-20)23(21,17-9-10-17)16-7-5-4-6-8-16/h4-8,11-12,17H,9-10,13-15H2,1-3H3. The molecular weight excluding hydrogens is 335 g/mol. The second-order valence-corrected chi connectivity index (χ2v) is 16.4. The first-order valence-corrected chi connectivity index (χ1v) is 14.1. The first-order valence-electron chi connectivity index (χ1n) is 8.67. The Hall–Kier alpha value is -1.16. The van der Waals surface area contributed by atoms with Crippen molar-refractivity contribution in [3.63, 3.8) is 0 Å². The minimum absolute atomic E-state index is 0.261. The molecule has 1 saturated carbocycles. The molecule has 0 saturated heterocycles. The Balaban J connectivity index is 1.79. The molecule has 1 heterocycles. The highest BCUT2D eigenvalue weighted by molar-refractivity contribution is 7.79. The summed E-state index contributed by atoms with van der Waals surface area (Å²) < 4.78 is 21.6. The summed E-state index contributed by atoms with van der Waals surface area (Å²) in [6.07, 6.45) is 3.82. The van der Waals surface area contributed by atoms with E-state index in [-0.39, 0.29) is 5.66 Å². The molecule has 0 bridgehead atoms. The lowest BCUT2D eigenvalue weighted by Crippen LogP contribution is -2.28. The van der Waals surface area contributed by atoms with Gasteiger partial charge < -0.3 is 9.30 Å². The lowest BCUT2D eigenvalue weighted by Gasteiger charge is -2.20.